The Balaban J connectivity index is 5.24. The summed E-state index contributed by atoms with van der Waals surface area (Å²) in [6.07, 6.45) is 0. The average molecular weight is 314 g/mol. The van der Waals surface area contributed by atoms with Crippen LogP contribution < -0.4 is 0 Å². The Morgan fingerprint density at radius 3 is 1.92 bits per heavy atom. The summed E-state index contributed by atoms with van der Waals surface area (Å²) in [4.78, 5) is 10.7. The number of carboxylic acid groups (broad SMARTS) is 1. The third-order valence-corrected chi connectivity index (χ3v) is 4.91. The number of hydrogen-bond donors (Lipinski definition) is 1. The quantitative estimate of drug-likeness (QED) is 0.627. The SMILES string of the molecule is C[Si](C)(C)C(=[C]=[Ru]([Cl])[Cl])C(=O)O. The van der Waals surface area contributed by atoms with Crippen LogP contribution in [-0.2, 0) is 18.3 Å². The van der Waals surface area contributed by atoms with E-state index in [-0.39, 0.29) is 0 Å². The average Bonchev–Trinajstić information content (AvgIpc) is 1.79. The summed E-state index contributed by atoms with van der Waals surface area (Å²) in [5.74, 6) is -0.936. The first-order valence-electron chi connectivity index (χ1n) is 3.12. The third-order valence-electron chi connectivity index (χ3n) is 1.12. The fourth-order valence-corrected chi connectivity index (χ4v) is 5.91. The van der Waals surface area contributed by atoms with E-state index in [0.717, 1.165) is 0 Å². The molecule has 0 bridgehead atoms. The zero-order valence-electron chi connectivity index (χ0n) is 6.96. The van der Waals surface area contributed by atoms with Crippen LogP contribution in [0.2, 0.25) is 19.6 Å². The van der Waals surface area contributed by atoms with E-state index in [2.05, 4.69) is 4.26 Å². The minimum absolute atomic E-state index is 0.311. The first-order chi connectivity index (χ1) is 5.25. The van der Waals surface area contributed by atoms with Gasteiger partial charge in [0.25, 0.3) is 0 Å². The Hall–Kier alpha value is 0.540. The van der Waals surface area contributed by atoms with Crippen LogP contribution in [0.4, 0.5) is 0 Å². The fourth-order valence-electron chi connectivity index (χ4n) is 0.558. The van der Waals surface area contributed by atoms with Gasteiger partial charge in [0.05, 0.1) is 0 Å². The maximum atomic E-state index is 10.7. The van der Waals surface area contributed by atoms with Crippen LogP contribution >= 0.6 is 19.4 Å². The summed E-state index contributed by atoms with van der Waals surface area (Å²) in [7, 11) is 9.28. The van der Waals surface area contributed by atoms with Crippen LogP contribution in [0.5, 0.6) is 0 Å². The Morgan fingerprint density at radius 2 is 1.83 bits per heavy atom. The van der Waals surface area contributed by atoms with Gasteiger partial charge in [-0.3, -0.25) is 0 Å². The second kappa shape index (κ2) is 4.69. The zero-order valence-corrected chi connectivity index (χ0v) is 11.2. The van der Waals surface area contributed by atoms with Crippen molar-refractivity contribution in [3.05, 3.63) is 5.20 Å². The number of rotatable bonds is 2. The van der Waals surface area contributed by atoms with E-state index < -0.39 is 27.6 Å². The van der Waals surface area contributed by atoms with Crippen molar-refractivity contribution in [1.29, 1.82) is 0 Å². The van der Waals surface area contributed by atoms with Gasteiger partial charge in [-0.15, -0.1) is 0 Å². The van der Waals surface area contributed by atoms with Gasteiger partial charge in [-0.1, -0.05) is 0 Å². The number of hydrogen-bond acceptors (Lipinski definition) is 1. The molecule has 0 aliphatic rings. The van der Waals surface area contributed by atoms with Crippen LogP contribution in [-0.4, -0.2) is 23.4 Å². The predicted octanol–water partition coefficient (Wildman–Crippen LogP) is 2.20. The Kier molecular flexibility index (Phi) is 4.90. The molecule has 0 saturated carbocycles. The molecule has 0 heterocycles. The number of carbonyl (C=O) groups is 1. The van der Waals surface area contributed by atoms with Crippen LogP contribution in [0.25, 0.3) is 0 Å². The van der Waals surface area contributed by atoms with Crippen molar-refractivity contribution in [3.8, 4) is 0 Å². The van der Waals surface area contributed by atoms with Crippen LogP contribution in [0, 0.1) is 0 Å². The molecule has 0 unspecified atom stereocenters. The van der Waals surface area contributed by atoms with Gasteiger partial charge in [-0.25, -0.2) is 0 Å². The second-order valence-corrected chi connectivity index (χ2v) is 13.5. The van der Waals surface area contributed by atoms with Crippen LogP contribution in [0.3, 0.4) is 0 Å². The van der Waals surface area contributed by atoms with E-state index in [1.54, 1.807) is 0 Å². The van der Waals surface area contributed by atoms with Crippen molar-refractivity contribution in [2.75, 3.05) is 0 Å². The monoisotopic (exact) mass is 314 g/mol. The standard InChI is InChI=1S/C6H10O2Si.2ClH.Ru/c1-5(6(7)8)9(2,3)4;;;/h2-4H3,(H,7,8);2*1H;/q;;;+2/p-2. The van der Waals surface area contributed by atoms with Gasteiger partial charge in [0.15, 0.2) is 0 Å². The second-order valence-electron chi connectivity index (χ2n) is 3.20. The molecular weight excluding hydrogens is 304 g/mol. The molecular formula is C6H10Cl2O2RuSi. The molecule has 0 amide bonds. The van der Waals surface area contributed by atoms with Gasteiger partial charge in [0, 0.05) is 0 Å². The molecule has 0 fully saturated rings. The molecule has 2 nitrogen and oxygen atoms in total. The van der Waals surface area contributed by atoms with Crippen molar-refractivity contribution in [3.63, 3.8) is 0 Å². The molecule has 72 valence electrons. The third kappa shape index (κ3) is 4.54. The van der Waals surface area contributed by atoms with E-state index in [1.807, 2.05) is 19.6 Å². The summed E-state index contributed by atoms with van der Waals surface area (Å²) in [5, 5.41) is 9.11. The molecule has 0 aromatic heterocycles. The molecule has 0 aliphatic carbocycles. The molecule has 0 aromatic carbocycles. The molecule has 0 spiro atoms. The molecule has 6 heteroatoms. The van der Waals surface area contributed by atoms with Crippen molar-refractivity contribution in [2.24, 2.45) is 0 Å². The summed E-state index contributed by atoms with van der Waals surface area (Å²) in [5.41, 5.74) is 0. The van der Waals surface area contributed by atoms with Crippen molar-refractivity contribution in [1.82, 2.24) is 0 Å². The molecule has 0 rings (SSSR count). The van der Waals surface area contributed by atoms with Crippen molar-refractivity contribution < 1.29 is 23.4 Å². The molecule has 0 atom stereocenters. The molecule has 12 heavy (non-hydrogen) atoms. The Labute approximate surface area is 85.7 Å². The van der Waals surface area contributed by atoms with Gasteiger partial charge < -0.3 is 0 Å². The number of halogens is 2. The van der Waals surface area contributed by atoms with Gasteiger partial charge >= 0.3 is 85.9 Å². The van der Waals surface area contributed by atoms with Crippen molar-refractivity contribution in [2.45, 2.75) is 19.6 Å². The first kappa shape index (κ1) is 12.5. The fraction of sp³-hybridized carbons (Fsp3) is 0.500. The van der Waals surface area contributed by atoms with Crippen LogP contribution in [0.1, 0.15) is 0 Å². The van der Waals surface area contributed by atoms with E-state index in [4.69, 9.17) is 24.5 Å². The molecule has 0 radical (unpaired) electrons. The van der Waals surface area contributed by atoms with Gasteiger partial charge in [0.2, 0.25) is 0 Å². The van der Waals surface area contributed by atoms with Crippen molar-refractivity contribution >= 4 is 37.7 Å². The summed E-state index contributed by atoms with van der Waals surface area (Å²) in [6, 6.07) is 0. The van der Waals surface area contributed by atoms with E-state index in [9.17, 15) is 4.79 Å². The van der Waals surface area contributed by atoms with E-state index in [1.165, 1.54) is 0 Å². The summed E-state index contributed by atoms with van der Waals surface area (Å²) < 4.78 is 2.67. The van der Waals surface area contributed by atoms with Gasteiger partial charge in [-0.05, 0) is 0 Å². The number of carboxylic acids is 1. The topological polar surface area (TPSA) is 37.3 Å². The normalized spacial score (nSPS) is 11.9. The van der Waals surface area contributed by atoms with E-state index >= 15 is 0 Å². The molecule has 0 aromatic rings. The van der Waals surface area contributed by atoms with E-state index in [0.29, 0.717) is 5.20 Å². The Bertz CT molecular complexity index is 259. The Morgan fingerprint density at radius 1 is 1.42 bits per heavy atom. The maximum absolute atomic E-state index is 10.7. The summed E-state index contributed by atoms with van der Waals surface area (Å²) >= 11 is -2.11. The summed E-state index contributed by atoms with van der Waals surface area (Å²) in [6.45, 7) is 5.78. The van der Waals surface area contributed by atoms with Crippen LogP contribution in [0.15, 0.2) is 5.20 Å². The minimum atomic E-state index is -2.11. The predicted molar refractivity (Wildman–Crippen MR) is 51.2 cm³/mol. The van der Waals surface area contributed by atoms with Gasteiger partial charge in [0.1, 0.15) is 0 Å². The molecule has 1 N–H and O–H groups in total. The molecule has 0 saturated heterocycles. The molecule has 0 aliphatic heterocycles. The first-order valence-corrected chi connectivity index (χ1v) is 12.0. The zero-order chi connectivity index (χ0) is 9.94. The number of aliphatic carboxylic acids is 1. The van der Waals surface area contributed by atoms with Gasteiger partial charge in [-0.2, -0.15) is 0 Å².